The van der Waals surface area contributed by atoms with E-state index in [0.717, 1.165) is 0 Å². The van der Waals surface area contributed by atoms with Crippen LogP contribution in [0.4, 0.5) is 24.5 Å². The Kier molecular flexibility index (Phi) is 7.30. The molecule has 3 aromatic carbocycles. The molecule has 2 amide bonds. The third-order valence-corrected chi connectivity index (χ3v) is 5.88. The SMILES string of the molecule is Cc1cc(Br)c(NC(=O)c2cccc(N(C)C(=O)c3ccccc3)c2)c(SC(F)(F)F)c1. The summed E-state index contributed by atoms with van der Waals surface area (Å²) >= 11 is 2.95. The number of alkyl halides is 3. The summed E-state index contributed by atoms with van der Waals surface area (Å²) in [5, 5.41) is 2.56. The zero-order valence-electron chi connectivity index (χ0n) is 17.0. The molecule has 0 aliphatic rings. The first kappa shape index (κ1) is 23.9. The summed E-state index contributed by atoms with van der Waals surface area (Å²) in [5.41, 5.74) is -2.70. The fraction of sp³-hybridized carbons (Fsp3) is 0.130. The summed E-state index contributed by atoms with van der Waals surface area (Å²) in [5.74, 6) is -0.853. The normalized spacial score (nSPS) is 11.2. The molecular weight excluding hydrogens is 505 g/mol. The number of thioether (sulfide) groups is 1. The van der Waals surface area contributed by atoms with Crippen molar-refractivity contribution in [1.82, 2.24) is 0 Å². The van der Waals surface area contributed by atoms with Crippen LogP contribution >= 0.6 is 27.7 Å². The van der Waals surface area contributed by atoms with Gasteiger partial charge in [-0.1, -0.05) is 24.3 Å². The van der Waals surface area contributed by atoms with E-state index in [0.29, 0.717) is 21.3 Å². The molecule has 0 spiro atoms. The molecule has 0 bridgehead atoms. The summed E-state index contributed by atoms with van der Waals surface area (Å²) in [6.07, 6.45) is 0. The number of rotatable bonds is 5. The molecule has 0 atom stereocenters. The van der Waals surface area contributed by atoms with Crippen LogP contribution in [0.15, 0.2) is 76.1 Å². The van der Waals surface area contributed by atoms with E-state index in [-0.39, 0.29) is 33.8 Å². The molecule has 0 fully saturated rings. The lowest BCUT2D eigenvalue weighted by Crippen LogP contribution is -2.26. The molecule has 0 aliphatic heterocycles. The highest BCUT2D eigenvalue weighted by atomic mass is 79.9. The molecule has 0 saturated heterocycles. The highest BCUT2D eigenvalue weighted by Gasteiger charge is 2.31. The zero-order valence-corrected chi connectivity index (χ0v) is 19.4. The molecule has 3 rings (SSSR count). The van der Waals surface area contributed by atoms with Crippen molar-refractivity contribution in [3.05, 3.63) is 87.9 Å². The number of carbonyl (C=O) groups excluding carboxylic acids is 2. The highest BCUT2D eigenvalue weighted by molar-refractivity contribution is 9.10. The maximum absolute atomic E-state index is 13.0. The van der Waals surface area contributed by atoms with E-state index in [1.54, 1.807) is 62.5 Å². The quantitative estimate of drug-likeness (QED) is 0.371. The second kappa shape index (κ2) is 9.79. The van der Waals surface area contributed by atoms with Gasteiger partial charge in [-0.15, -0.1) is 0 Å². The van der Waals surface area contributed by atoms with Crippen molar-refractivity contribution in [3.63, 3.8) is 0 Å². The van der Waals surface area contributed by atoms with Crippen molar-refractivity contribution in [3.8, 4) is 0 Å². The number of amides is 2. The minimum atomic E-state index is -4.51. The predicted molar refractivity (Wildman–Crippen MR) is 124 cm³/mol. The number of halogens is 4. The topological polar surface area (TPSA) is 49.4 Å². The first-order chi connectivity index (χ1) is 15.0. The van der Waals surface area contributed by atoms with Crippen molar-refractivity contribution in [1.29, 1.82) is 0 Å². The second-order valence-corrected chi connectivity index (χ2v) is 8.86. The summed E-state index contributed by atoms with van der Waals surface area (Å²) in [6, 6.07) is 18.0. The minimum Gasteiger partial charge on any atom is -0.320 e. The van der Waals surface area contributed by atoms with Gasteiger partial charge in [0.25, 0.3) is 11.8 Å². The lowest BCUT2D eigenvalue weighted by molar-refractivity contribution is -0.0328. The molecule has 0 aliphatic carbocycles. The van der Waals surface area contributed by atoms with Gasteiger partial charge in [-0.05, 0) is 82.6 Å². The third kappa shape index (κ3) is 5.92. The van der Waals surface area contributed by atoms with E-state index in [9.17, 15) is 22.8 Å². The molecule has 9 heteroatoms. The van der Waals surface area contributed by atoms with Gasteiger partial charge in [-0.2, -0.15) is 13.2 Å². The van der Waals surface area contributed by atoms with Crippen LogP contribution in [-0.2, 0) is 0 Å². The van der Waals surface area contributed by atoms with E-state index < -0.39 is 11.4 Å². The van der Waals surface area contributed by atoms with Gasteiger partial charge in [-0.3, -0.25) is 9.59 Å². The Hall–Kier alpha value is -2.78. The molecule has 0 aromatic heterocycles. The Balaban J connectivity index is 1.86. The minimum absolute atomic E-state index is 0.0297. The number of hydrogen-bond donors (Lipinski definition) is 1. The van der Waals surface area contributed by atoms with E-state index in [1.807, 2.05) is 0 Å². The van der Waals surface area contributed by atoms with Crippen molar-refractivity contribution < 1.29 is 22.8 Å². The fourth-order valence-corrected chi connectivity index (χ4v) is 4.53. The number of nitrogens with one attached hydrogen (secondary N) is 1. The lowest BCUT2D eigenvalue weighted by atomic mass is 10.1. The van der Waals surface area contributed by atoms with Crippen LogP contribution in [0, 0.1) is 6.92 Å². The van der Waals surface area contributed by atoms with Gasteiger partial charge in [0.1, 0.15) is 0 Å². The van der Waals surface area contributed by atoms with Crippen molar-refractivity contribution in [2.24, 2.45) is 0 Å². The average Bonchev–Trinajstić information content (AvgIpc) is 2.74. The average molecular weight is 523 g/mol. The highest BCUT2D eigenvalue weighted by Crippen LogP contribution is 2.43. The van der Waals surface area contributed by atoms with Gasteiger partial charge in [0.15, 0.2) is 0 Å². The van der Waals surface area contributed by atoms with Crippen LogP contribution in [0.1, 0.15) is 26.3 Å². The number of anilines is 2. The molecule has 0 unspecified atom stereocenters. The predicted octanol–water partition coefficient (Wildman–Crippen LogP) is 6.90. The van der Waals surface area contributed by atoms with Gasteiger partial charge >= 0.3 is 5.51 Å². The third-order valence-electron chi connectivity index (χ3n) is 4.48. The fourth-order valence-electron chi connectivity index (χ4n) is 2.97. The van der Waals surface area contributed by atoms with Crippen molar-refractivity contribution >= 4 is 50.9 Å². The van der Waals surface area contributed by atoms with Crippen LogP contribution in [-0.4, -0.2) is 24.4 Å². The van der Waals surface area contributed by atoms with Crippen LogP contribution in [0.25, 0.3) is 0 Å². The maximum Gasteiger partial charge on any atom is 0.446 e. The lowest BCUT2D eigenvalue weighted by Gasteiger charge is -2.19. The molecule has 0 heterocycles. The second-order valence-electron chi connectivity index (χ2n) is 6.90. The van der Waals surface area contributed by atoms with Crippen LogP contribution in [0.2, 0.25) is 0 Å². The Labute approximate surface area is 195 Å². The Morgan fingerprint density at radius 2 is 1.62 bits per heavy atom. The number of benzene rings is 3. The summed E-state index contributed by atoms with van der Waals surface area (Å²) in [7, 11) is 1.58. The largest absolute Gasteiger partial charge is 0.446 e. The first-order valence-corrected chi connectivity index (χ1v) is 11.0. The Morgan fingerprint density at radius 3 is 2.28 bits per heavy atom. The van der Waals surface area contributed by atoms with Crippen LogP contribution < -0.4 is 10.2 Å². The molecule has 4 nitrogen and oxygen atoms in total. The molecular formula is C23H18BrF3N2O2S. The van der Waals surface area contributed by atoms with Gasteiger partial charge < -0.3 is 10.2 Å². The Bertz CT molecular complexity index is 1150. The smallest absolute Gasteiger partial charge is 0.320 e. The molecule has 1 N–H and O–H groups in total. The zero-order chi connectivity index (χ0) is 23.5. The molecule has 0 saturated carbocycles. The van der Waals surface area contributed by atoms with Crippen molar-refractivity contribution in [2.45, 2.75) is 17.3 Å². The van der Waals surface area contributed by atoms with Gasteiger partial charge in [0.05, 0.1) is 5.69 Å². The summed E-state index contributed by atoms with van der Waals surface area (Å²) in [4.78, 5) is 26.8. The monoisotopic (exact) mass is 522 g/mol. The summed E-state index contributed by atoms with van der Waals surface area (Å²) in [6.45, 7) is 1.67. The van der Waals surface area contributed by atoms with E-state index in [2.05, 4.69) is 21.2 Å². The molecule has 166 valence electrons. The Morgan fingerprint density at radius 1 is 0.969 bits per heavy atom. The number of aryl methyl sites for hydroxylation is 1. The van der Waals surface area contributed by atoms with Gasteiger partial charge in [-0.25, -0.2) is 0 Å². The van der Waals surface area contributed by atoms with Gasteiger partial charge in [0, 0.05) is 33.2 Å². The number of nitrogens with zero attached hydrogens (tertiary/aromatic N) is 1. The first-order valence-electron chi connectivity index (χ1n) is 9.35. The maximum atomic E-state index is 13.0. The van der Waals surface area contributed by atoms with Gasteiger partial charge in [0.2, 0.25) is 0 Å². The van der Waals surface area contributed by atoms with E-state index in [1.165, 1.54) is 23.1 Å². The van der Waals surface area contributed by atoms with E-state index in [4.69, 9.17) is 0 Å². The van der Waals surface area contributed by atoms with E-state index >= 15 is 0 Å². The molecule has 3 aromatic rings. The standard InChI is InChI=1S/C23H18BrF3N2O2S/c1-14-11-18(24)20(19(12-14)32-23(25,26)27)28-21(30)16-9-6-10-17(13-16)29(2)22(31)15-7-4-3-5-8-15/h3-13H,1-2H3,(H,28,30). The van der Waals surface area contributed by atoms with Crippen molar-refractivity contribution in [2.75, 3.05) is 17.3 Å². The van der Waals surface area contributed by atoms with Crippen LogP contribution in [0.3, 0.4) is 0 Å². The number of carbonyl (C=O) groups is 2. The number of hydrogen-bond acceptors (Lipinski definition) is 3. The molecule has 0 radical (unpaired) electrons. The molecule has 32 heavy (non-hydrogen) atoms. The van der Waals surface area contributed by atoms with Crippen LogP contribution in [0.5, 0.6) is 0 Å². The summed E-state index contributed by atoms with van der Waals surface area (Å²) < 4.78 is 39.3.